The van der Waals surface area contributed by atoms with Crippen molar-refractivity contribution in [3.05, 3.63) is 69.0 Å². The van der Waals surface area contributed by atoms with Crippen molar-refractivity contribution in [2.75, 3.05) is 0 Å². The molecule has 0 saturated carbocycles. The number of H-pyrrole nitrogens is 1. The summed E-state index contributed by atoms with van der Waals surface area (Å²) in [4.78, 5) is 34.3. The first-order chi connectivity index (χ1) is 12.4. The molecule has 1 aromatic carbocycles. The number of aromatic amines is 1. The molecule has 0 spiro atoms. The van der Waals surface area contributed by atoms with Crippen LogP contribution in [0.2, 0.25) is 0 Å². The summed E-state index contributed by atoms with van der Waals surface area (Å²) in [5.74, 6) is -0.496. The fraction of sp³-hybridized carbons (Fsp3) is 0.200. The predicted octanol–water partition coefficient (Wildman–Crippen LogP) is 3.12. The zero-order valence-electron chi connectivity index (χ0n) is 14.6. The van der Waals surface area contributed by atoms with Gasteiger partial charge in [0.15, 0.2) is 0 Å². The van der Waals surface area contributed by atoms with E-state index in [1.165, 1.54) is 0 Å². The van der Waals surface area contributed by atoms with Crippen molar-refractivity contribution in [3.63, 3.8) is 0 Å². The van der Waals surface area contributed by atoms with Gasteiger partial charge in [-0.2, -0.15) is 0 Å². The van der Waals surface area contributed by atoms with Crippen LogP contribution in [0.25, 0.3) is 23.1 Å². The summed E-state index contributed by atoms with van der Waals surface area (Å²) in [6.07, 6.45) is 5.48. The molecular formula is C20H19N3O3. The molecule has 0 amide bonds. The minimum atomic E-state index is -0.936. The van der Waals surface area contributed by atoms with E-state index in [1.54, 1.807) is 19.2 Å². The summed E-state index contributed by atoms with van der Waals surface area (Å²) >= 11 is 0. The molecule has 6 nitrogen and oxygen atoms in total. The molecule has 26 heavy (non-hydrogen) atoms. The van der Waals surface area contributed by atoms with Gasteiger partial charge in [-0.25, -0.2) is 4.98 Å². The smallest absolute Gasteiger partial charge is 0.303 e. The highest BCUT2D eigenvalue weighted by atomic mass is 16.4. The predicted molar refractivity (Wildman–Crippen MR) is 101 cm³/mol. The van der Waals surface area contributed by atoms with Crippen LogP contribution in [0.15, 0.2) is 35.3 Å². The molecule has 0 aliphatic carbocycles. The van der Waals surface area contributed by atoms with E-state index in [1.807, 2.05) is 37.3 Å². The van der Waals surface area contributed by atoms with Gasteiger partial charge in [0.05, 0.1) is 5.52 Å². The van der Waals surface area contributed by atoms with Crippen LogP contribution < -0.4 is 5.56 Å². The number of carbonyl (C=O) groups is 1. The third kappa shape index (κ3) is 3.85. The number of aliphatic carboxylic acids is 1. The zero-order chi connectivity index (χ0) is 18.7. The van der Waals surface area contributed by atoms with Crippen molar-refractivity contribution in [1.29, 1.82) is 0 Å². The molecule has 0 unspecified atom stereocenters. The second-order valence-electron chi connectivity index (χ2n) is 6.16. The highest BCUT2D eigenvalue weighted by molar-refractivity contribution is 5.85. The van der Waals surface area contributed by atoms with Crippen LogP contribution in [-0.2, 0) is 11.2 Å². The first-order valence-electron chi connectivity index (χ1n) is 8.29. The van der Waals surface area contributed by atoms with Gasteiger partial charge in [0, 0.05) is 29.3 Å². The number of carboxylic acids is 1. The van der Waals surface area contributed by atoms with Gasteiger partial charge in [-0.1, -0.05) is 12.1 Å². The van der Waals surface area contributed by atoms with Gasteiger partial charge in [0.1, 0.15) is 5.82 Å². The molecule has 0 fully saturated rings. The summed E-state index contributed by atoms with van der Waals surface area (Å²) in [6, 6.07) is 7.96. The monoisotopic (exact) mass is 349 g/mol. The number of hydrogen-bond acceptors (Lipinski definition) is 4. The lowest BCUT2D eigenvalue weighted by molar-refractivity contribution is -0.136. The number of hydrogen-bond donors (Lipinski definition) is 2. The SMILES string of the molecule is Cc1nc(/C=C/c2cc(C)c3ncccc3c2)[nH]c(=O)c1CCC(=O)O. The third-order valence-electron chi connectivity index (χ3n) is 4.18. The Hall–Kier alpha value is -3.28. The molecule has 132 valence electrons. The molecule has 0 radical (unpaired) electrons. The molecular weight excluding hydrogens is 330 g/mol. The molecule has 3 rings (SSSR count). The van der Waals surface area contributed by atoms with Crippen LogP contribution in [0.3, 0.4) is 0 Å². The minimum Gasteiger partial charge on any atom is -0.481 e. The Morgan fingerprint density at radius 3 is 2.81 bits per heavy atom. The molecule has 0 aliphatic heterocycles. The first kappa shape index (κ1) is 17.5. The van der Waals surface area contributed by atoms with E-state index < -0.39 is 5.97 Å². The standard InChI is InChI=1S/C20H19N3O3/c1-12-10-14(11-15-4-3-9-21-19(12)15)5-7-17-22-13(2)16(20(26)23-17)6-8-18(24)25/h3-5,7,9-11H,6,8H2,1-2H3,(H,24,25)(H,22,23,26)/b7-5+. The van der Waals surface area contributed by atoms with Crippen molar-refractivity contribution in [2.45, 2.75) is 26.7 Å². The van der Waals surface area contributed by atoms with Crippen LogP contribution in [0.5, 0.6) is 0 Å². The Morgan fingerprint density at radius 1 is 1.27 bits per heavy atom. The van der Waals surface area contributed by atoms with E-state index in [4.69, 9.17) is 5.11 Å². The molecule has 0 atom stereocenters. The second-order valence-corrected chi connectivity index (χ2v) is 6.16. The number of aryl methyl sites for hydroxylation is 2. The summed E-state index contributed by atoms with van der Waals surface area (Å²) in [7, 11) is 0. The van der Waals surface area contributed by atoms with Crippen molar-refractivity contribution in [1.82, 2.24) is 15.0 Å². The minimum absolute atomic E-state index is 0.0921. The van der Waals surface area contributed by atoms with E-state index in [0.29, 0.717) is 17.1 Å². The van der Waals surface area contributed by atoms with Crippen molar-refractivity contribution in [3.8, 4) is 0 Å². The Bertz CT molecular complexity index is 1070. The number of nitrogens with one attached hydrogen (secondary N) is 1. The Labute approximate surface area is 150 Å². The molecule has 0 bridgehead atoms. The molecule has 2 N–H and O–H groups in total. The fourth-order valence-corrected chi connectivity index (χ4v) is 2.91. The van der Waals surface area contributed by atoms with Crippen molar-refractivity contribution >= 4 is 29.0 Å². The Balaban J connectivity index is 1.89. The number of pyridine rings is 1. The maximum atomic E-state index is 12.2. The second kappa shape index (κ2) is 7.31. The molecule has 3 aromatic rings. The molecule has 2 aromatic heterocycles. The number of aromatic nitrogens is 3. The van der Waals surface area contributed by atoms with Crippen LogP contribution in [0, 0.1) is 13.8 Å². The van der Waals surface area contributed by atoms with Crippen LogP contribution in [-0.4, -0.2) is 26.0 Å². The topological polar surface area (TPSA) is 95.9 Å². The van der Waals surface area contributed by atoms with E-state index >= 15 is 0 Å². The highest BCUT2D eigenvalue weighted by Gasteiger charge is 2.09. The van der Waals surface area contributed by atoms with E-state index in [9.17, 15) is 9.59 Å². The maximum Gasteiger partial charge on any atom is 0.303 e. The molecule has 2 heterocycles. The highest BCUT2D eigenvalue weighted by Crippen LogP contribution is 2.19. The van der Waals surface area contributed by atoms with Crippen LogP contribution in [0.4, 0.5) is 0 Å². The Morgan fingerprint density at radius 2 is 2.08 bits per heavy atom. The van der Waals surface area contributed by atoms with Gasteiger partial charge >= 0.3 is 5.97 Å². The summed E-state index contributed by atoms with van der Waals surface area (Å²) < 4.78 is 0. The average molecular weight is 349 g/mol. The fourth-order valence-electron chi connectivity index (χ4n) is 2.91. The number of nitrogens with zero attached hydrogens (tertiary/aromatic N) is 2. The Kier molecular flexibility index (Phi) is 4.93. The van der Waals surface area contributed by atoms with Gasteiger partial charge in [-0.3, -0.25) is 14.6 Å². The molecule has 0 aliphatic rings. The third-order valence-corrected chi connectivity index (χ3v) is 4.18. The quantitative estimate of drug-likeness (QED) is 0.738. The lowest BCUT2D eigenvalue weighted by atomic mass is 10.1. The lowest BCUT2D eigenvalue weighted by Crippen LogP contribution is -2.18. The number of fused-ring (bicyclic) bond motifs is 1. The van der Waals surface area contributed by atoms with Crippen LogP contribution in [0.1, 0.15) is 34.6 Å². The summed E-state index contributed by atoms with van der Waals surface area (Å²) in [6.45, 7) is 3.73. The van der Waals surface area contributed by atoms with Gasteiger partial charge in [0.25, 0.3) is 5.56 Å². The van der Waals surface area contributed by atoms with Gasteiger partial charge in [0.2, 0.25) is 0 Å². The van der Waals surface area contributed by atoms with E-state index in [-0.39, 0.29) is 18.4 Å². The number of rotatable bonds is 5. The summed E-state index contributed by atoms with van der Waals surface area (Å²) in [5.41, 5.74) is 3.69. The van der Waals surface area contributed by atoms with Gasteiger partial charge in [-0.05, 0) is 55.7 Å². The molecule has 0 saturated heterocycles. The normalized spacial score (nSPS) is 11.3. The number of benzene rings is 1. The van der Waals surface area contributed by atoms with Crippen molar-refractivity contribution in [2.24, 2.45) is 0 Å². The van der Waals surface area contributed by atoms with Crippen molar-refractivity contribution < 1.29 is 9.90 Å². The zero-order valence-corrected chi connectivity index (χ0v) is 14.6. The lowest BCUT2D eigenvalue weighted by Gasteiger charge is -2.05. The molecule has 6 heteroatoms. The van der Waals surface area contributed by atoms with Gasteiger partial charge < -0.3 is 10.1 Å². The summed E-state index contributed by atoms with van der Waals surface area (Å²) in [5, 5.41) is 9.82. The average Bonchev–Trinajstić information content (AvgIpc) is 2.59. The maximum absolute atomic E-state index is 12.2. The van der Waals surface area contributed by atoms with E-state index in [2.05, 4.69) is 15.0 Å². The van der Waals surface area contributed by atoms with Crippen LogP contribution >= 0.6 is 0 Å². The largest absolute Gasteiger partial charge is 0.481 e. The van der Waals surface area contributed by atoms with E-state index in [0.717, 1.165) is 22.0 Å². The first-order valence-corrected chi connectivity index (χ1v) is 8.29. The van der Waals surface area contributed by atoms with Gasteiger partial charge in [-0.15, -0.1) is 0 Å². The number of carboxylic acid groups (broad SMARTS) is 1.